The number of aromatic amines is 1. The fraction of sp³-hybridized carbons (Fsp3) is 0.364. The Morgan fingerprint density at radius 3 is 2.54 bits per heavy atom. The maximum atomic E-state index is 13.6. The highest BCUT2D eigenvalue weighted by atomic mass is 19.4. The first-order chi connectivity index (χ1) is 16.5. The molecule has 188 valence electrons. The van der Waals surface area contributed by atoms with Gasteiger partial charge in [0.1, 0.15) is 0 Å². The number of ether oxygens (including phenoxy) is 1. The molecule has 1 amide bonds. The number of benzene rings is 1. The van der Waals surface area contributed by atoms with Gasteiger partial charge in [-0.2, -0.15) is 23.1 Å². The number of amides is 1. The Labute approximate surface area is 196 Å². The topological polar surface area (TPSA) is 109 Å². The highest BCUT2D eigenvalue weighted by Gasteiger charge is 2.34. The molecule has 35 heavy (non-hydrogen) atoms. The van der Waals surface area contributed by atoms with Crippen molar-refractivity contribution in [3.05, 3.63) is 41.0 Å². The van der Waals surface area contributed by atoms with Crippen molar-refractivity contribution in [2.45, 2.75) is 45.8 Å². The van der Waals surface area contributed by atoms with E-state index in [1.807, 2.05) is 6.92 Å². The lowest BCUT2D eigenvalue weighted by Gasteiger charge is -2.15. The van der Waals surface area contributed by atoms with Crippen LogP contribution < -0.4 is 15.4 Å². The molecule has 0 saturated carbocycles. The minimum Gasteiger partial charge on any atom is -0.471 e. The maximum absolute atomic E-state index is 13.6. The van der Waals surface area contributed by atoms with Crippen molar-refractivity contribution in [2.75, 3.05) is 11.9 Å². The number of alkyl halides is 5. The second kappa shape index (κ2) is 10.7. The molecular formula is C22H22F5N5O3. The van der Waals surface area contributed by atoms with E-state index in [1.165, 1.54) is 25.1 Å². The van der Waals surface area contributed by atoms with Crippen molar-refractivity contribution in [3.63, 3.8) is 0 Å². The summed E-state index contributed by atoms with van der Waals surface area (Å²) in [6, 6.07) is 4.64. The van der Waals surface area contributed by atoms with Gasteiger partial charge in [0.2, 0.25) is 17.7 Å². The van der Waals surface area contributed by atoms with E-state index in [9.17, 15) is 31.5 Å². The summed E-state index contributed by atoms with van der Waals surface area (Å²) >= 11 is 0. The van der Waals surface area contributed by atoms with E-state index < -0.39 is 30.6 Å². The summed E-state index contributed by atoms with van der Waals surface area (Å²) in [6.45, 7) is 2.05. The number of carbonyl (C=O) groups is 2. The number of imidazole rings is 1. The quantitative estimate of drug-likeness (QED) is 0.268. The highest BCUT2D eigenvalue weighted by molar-refractivity contribution is 5.99. The number of nitrogens with one attached hydrogen (secondary N) is 3. The molecule has 3 N–H and O–H groups in total. The van der Waals surface area contributed by atoms with Crippen LogP contribution in [-0.2, 0) is 17.5 Å². The molecule has 0 aliphatic carbocycles. The zero-order valence-corrected chi connectivity index (χ0v) is 18.7. The molecule has 3 rings (SSSR count). The molecule has 0 fully saturated rings. The number of fused-ring (bicyclic) bond motifs is 1. The number of H-pyrrole nitrogens is 1. The molecule has 13 heteroatoms. The zero-order valence-electron chi connectivity index (χ0n) is 18.7. The van der Waals surface area contributed by atoms with E-state index in [0.717, 1.165) is 6.07 Å². The van der Waals surface area contributed by atoms with Gasteiger partial charge in [0.05, 0.1) is 22.3 Å². The average molecular weight is 499 g/mol. The van der Waals surface area contributed by atoms with Gasteiger partial charge in [-0.25, -0.2) is 8.78 Å². The minimum absolute atomic E-state index is 0.0279. The van der Waals surface area contributed by atoms with Crippen molar-refractivity contribution in [1.82, 2.24) is 20.3 Å². The van der Waals surface area contributed by atoms with Gasteiger partial charge in [-0.1, -0.05) is 13.0 Å². The number of ketones is 1. The number of hydrogen-bond acceptors (Lipinski definition) is 6. The average Bonchev–Trinajstić information content (AvgIpc) is 3.16. The van der Waals surface area contributed by atoms with Crippen LogP contribution in [0.5, 0.6) is 5.88 Å². The predicted octanol–water partition coefficient (Wildman–Crippen LogP) is 4.98. The fourth-order valence-corrected chi connectivity index (χ4v) is 3.18. The molecule has 1 aromatic carbocycles. The van der Waals surface area contributed by atoms with Crippen LogP contribution in [0.15, 0.2) is 24.3 Å². The number of rotatable bonds is 10. The molecule has 0 saturated heterocycles. The lowest BCUT2D eigenvalue weighted by molar-refractivity contribution is -0.137. The molecule has 2 heterocycles. The minimum atomic E-state index is -4.69. The first-order valence-corrected chi connectivity index (χ1v) is 10.5. The number of aromatic nitrogens is 3. The van der Waals surface area contributed by atoms with Gasteiger partial charge >= 0.3 is 6.18 Å². The van der Waals surface area contributed by atoms with Crippen LogP contribution in [0, 0.1) is 0 Å². The van der Waals surface area contributed by atoms with E-state index >= 15 is 0 Å². The number of nitrogens with zero attached hydrogens (tertiary/aromatic N) is 2. The number of halogens is 5. The molecular weight excluding hydrogens is 477 g/mol. The number of pyridine rings is 1. The molecule has 0 aliphatic rings. The Balaban J connectivity index is 1.94. The number of Topliss-reactive ketones (excluding diaryl/α,β-unsaturated/α-hetero) is 1. The highest BCUT2D eigenvalue weighted by Crippen LogP contribution is 2.36. The largest absolute Gasteiger partial charge is 0.471 e. The summed E-state index contributed by atoms with van der Waals surface area (Å²) in [7, 11) is 0. The third kappa shape index (κ3) is 6.64. The second-order valence-corrected chi connectivity index (χ2v) is 7.59. The monoisotopic (exact) mass is 499 g/mol. The normalized spacial score (nSPS) is 11.7. The lowest BCUT2D eigenvalue weighted by Crippen LogP contribution is -2.22. The Morgan fingerprint density at radius 2 is 1.91 bits per heavy atom. The Morgan fingerprint density at radius 1 is 1.17 bits per heavy atom. The molecule has 0 bridgehead atoms. The van der Waals surface area contributed by atoms with Gasteiger partial charge in [-0.3, -0.25) is 9.59 Å². The van der Waals surface area contributed by atoms with Crippen molar-refractivity contribution >= 4 is 34.5 Å². The summed E-state index contributed by atoms with van der Waals surface area (Å²) in [5.74, 6) is -1.23. The molecule has 8 nitrogen and oxygen atoms in total. The van der Waals surface area contributed by atoms with Crippen molar-refractivity contribution in [2.24, 2.45) is 0 Å². The predicted molar refractivity (Wildman–Crippen MR) is 117 cm³/mol. The van der Waals surface area contributed by atoms with Gasteiger partial charge < -0.3 is 20.4 Å². The van der Waals surface area contributed by atoms with Crippen LogP contribution >= 0.6 is 0 Å². The standard InChI is InChI=1S/C22H22F5N5O3/c1-3-4-18(34)28-9-12-5-6-14(22(25,26)27)15(7-12)29-21-30-16-8-13(11(2)33)20(31-19(16)32-21)35-10-17(23)24/h5-8,17H,3-4,9-10H2,1-2H3,(H,28,34)(H2,29,30,31,32). The van der Waals surface area contributed by atoms with E-state index in [1.54, 1.807) is 0 Å². The number of carbonyl (C=O) groups excluding carboxylic acids is 2. The van der Waals surface area contributed by atoms with Crippen molar-refractivity contribution in [1.29, 1.82) is 0 Å². The van der Waals surface area contributed by atoms with E-state index in [4.69, 9.17) is 4.74 Å². The van der Waals surface area contributed by atoms with E-state index in [0.29, 0.717) is 18.4 Å². The zero-order chi connectivity index (χ0) is 25.8. The number of anilines is 2. The summed E-state index contributed by atoms with van der Waals surface area (Å²) < 4.78 is 70.7. The molecule has 0 spiro atoms. The lowest BCUT2D eigenvalue weighted by atomic mass is 10.1. The van der Waals surface area contributed by atoms with E-state index in [2.05, 4.69) is 25.6 Å². The maximum Gasteiger partial charge on any atom is 0.418 e. The van der Waals surface area contributed by atoms with Crippen molar-refractivity contribution in [3.8, 4) is 5.88 Å². The van der Waals surface area contributed by atoms with Crippen molar-refractivity contribution < 1.29 is 36.3 Å². The fourth-order valence-electron chi connectivity index (χ4n) is 3.18. The Kier molecular flexibility index (Phi) is 7.87. The summed E-state index contributed by atoms with van der Waals surface area (Å²) in [5, 5.41) is 5.19. The summed E-state index contributed by atoms with van der Waals surface area (Å²) in [4.78, 5) is 34.3. The van der Waals surface area contributed by atoms with Gasteiger partial charge in [0.15, 0.2) is 18.0 Å². The van der Waals surface area contributed by atoms with Crippen LogP contribution in [-0.4, -0.2) is 39.7 Å². The molecule has 0 aliphatic heterocycles. The molecule has 2 aromatic heterocycles. The van der Waals surface area contributed by atoms with Crippen LogP contribution in [0.3, 0.4) is 0 Å². The summed E-state index contributed by atoms with van der Waals surface area (Å²) in [6.07, 6.45) is -6.56. The van der Waals surface area contributed by atoms with E-state index in [-0.39, 0.29) is 46.7 Å². The molecule has 0 atom stereocenters. The van der Waals surface area contributed by atoms with Crippen LogP contribution in [0.1, 0.15) is 48.2 Å². The third-order valence-electron chi connectivity index (χ3n) is 4.77. The van der Waals surface area contributed by atoms with Crippen LogP contribution in [0.25, 0.3) is 11.2 Å². The van der Waals surface area contributed by atoms with Gasteiger partial charge in [0, 0.05) is 13.0 Å². The van der Waals surface area contributed by atoms with Gasteiger partial charge in [0.25, 0.3) is 6.43 Å². The first-order valence-electron chi connectivity index (χ1n) is 10.5. The first kappa shape index (κ1) is 25.8. The molecule has 3 aromatic rings. The molecule has 0 radical (unpaired) electrons. The summed E-state index contributed by atoms with van der Waals surface area (Å²) in [5.41, 5.74) is -0.855. The Bertz CT molecular complexity index is 1230. The third-order valence-corrected chi connectivity index (χ3v) is 4.77. The second-order valence-electron chi connectivity index (χ2n) is 7.59. The van der Waals surface area contributed by atoms with Gasteiger partial charge in [-0.05, 0) is 37.1 Å². The van der Waals surface area contributed by atoms with Crippen LogP contribution in [0.4, 0.5) is 33.6 Å². The smallest absolute Gasteiger partial charge is 0.418 e. The number of hydrogen-bond donors (Lipinski definition) is 3. The van der Waals surface area contributed by atoms with Gasteiger partial charge in [-0.15, -0.1) is 0 Å². The Hall–Kier alpha value is -3.77. The SMILES string of the molecule is CCCC(=O)NCc1ccc(C(F)(F)F)c(Nc2nc3nc(OCC(F)F)c(C(C)=O)cc3[nH]2)c1. The molecule has 0 unspecified atom stereocenters. The van der Waals surface area contributed by atoms with Crippen LogP contribution in [0.2, 0.25) is 0 Å².